The van der Waals surface area contributed by atoms with Crippen LogP contribution in [-0.2, 0) is 27.8 Å². The third-order valence-electron chi connectivity index (χ3n) is 6.13. The fourth-order valence-electron chi connectivity index (χ4n) is 4.30. The number of aryl methyl sites for hydroxylation is 2. The van der Waals surface area contributed by atoms with Crippen molar-refractivity contribution >= 4 is 11.8 Å². The summed E-state index contributed by atoms with van der Waals surface area (Å²) in [6.45, 7) is 7.65. The van der Waals surface area contributed by atoms with Crippen LogP contribution in [0, 0.1) is 19.8 Å². The predicted molar refractivity (Wildman–Crippen MR) is 107 cm³/mol. The second kappa shape index (κ2) is 9.54. The topological polar surface area (TPSA) is 67.7 Å². The van der Waals surface area contributed by atoms with E-state index in [-0.39, 0.29) is 17.7 Å². The van der Waals surface area contributed by atoms with Crippen LogP contribution in [-0.4, -0.2) is 70.8 Å². The molecule has 28 heavy (non-hydrogen) atoms. The van der Waals surface area contributed by atoms with E-state index in [4.69, 9.17) is 4.74 Å². The molecule has 2 fully saturated rings. The van der Waals surface area contributed by atoms with Crippen LogP contribution in [0.3, 0.4) is 0 Å². The number of aromatic nitrogens is 2. The minimum absolute atomic E-state index is 0.0989. The molecule has 0 radical (unpaired) electrons. The van der Waals surface area contributed by atoms with E-state index in [1.54, 1.807) is 0 Å². The molecule has 156 valence electrons. The van der Waals surface area contributed by atoms with Crippen LogP contribution in [0.1, 0.15) is 49.1 Å². The Labute approximate surface area is 168 Å². The first-order valence-corrected chi connectivity index (χ1v) is 10.6. The first kappa shape index (κ1) is 20.8. The molecule has 0 saturated carbocycles. The maximum Gasteiger partial charge on any atom is 0.229 e. The van der Waals surface area contributed by atoms with Crippen molar-refractivity contribution < 1.29 is 14.3 Å². The van der Waals surface area contributed by atoms with Crippen LogP contribution < -0.4 is 0 Å². The van der Waals surface area contributed by atoms with Gasteiger partial charge in [0.1, 0.15) is 0 Å². The molecule has 2 aliphatic rings. The van der Waals surface area contributed by atoms with Gasteiger partial charge in [0, 0.05) is 45.3 Å². The third-order valence-corrected chi connectivity index (χ3v) is 6.13. The molecule has 0 aromatic carbocycles. The highest BCUT2D eigenvalue weighted by Gasteiger charge is 2.30. The quantitative estimate of drug-likeness (QED) is 0.787. The van der Waals surface area contributed by atoms with E-state index in [1.807, 2.05) is 35.4 Å². The third kappa shape index (κ3) is 4.93. The standard InChI is InChI=1S/C21H34N4O3/c1-16-19(17(2)23(3)22-16)8-9-20(26)25-12-13-28-15-18(14-25)21(27)24-10-6-4-5-7-11-24/h18H,4-15H2,1-3H3. The summed E-state index contributed by atoms with van der Waals surface area (Å²) >= 11 is 0. The Morgan fingerprint density at radius 2 is 1.79 bits per heavy atom. The number of carbonyl (C=O) groups excluding carboxylic acids is 2. The summed E-state index contributed by atoms with van der Waals surface area (Å²) in [5.74, 6) is 0.00813. The molecule has 7 nitrogen and oxygen atoms in total. The smallest absolute Gasteiger partial charge is 0.229 e. The molecule has 0 spiro atoms. The molecule has 3 rings (SSSR count). The maximum absolute atomic E-state index is 13.0. The summed E-state index contributed by atoms with van der Waals surface area (Å²) in [5.41, 5.74) is 3.25. The van der Waals surface area contributed by atoms with Gasteiger partial charge in [-0.05, 0) is 38.7 Å². The first-order valence-electron chi connectivity index (χ1n) is 10.6. The number of amides is 2. The van der Waals surface area contributed by atoms with Gasteiger partial charge in [-0.1, -0.05) is 12.8 Å². The van der Waals surface area contributed by atoms with Crippen LogP contribution >= 0.6 is 0 Å². The largest absolute Gasteiger partial charge is 0.379 e. The van der Waals surface area contributed by atoms with E-state index in [9.17, 15) is 9.59 Å². The highest BCUT2D eigenvalue weighted by Crippen LogP contribution is 2.18. The van der Waals surface area contributed by atoms with E-state index >= 15 is 0 Å². The Kier molecular flexibility index (Phi) is 7.10. The van der Waals surface area contributed by atoms with Gasteiger partial charge in [-0.2, -0.15) is 5.10 Å². The second-order valence-electron chi connectivity index (χ2n) is 8.12. The van der Waals surface area contributed by atoms with Crippen molar-refractivity contribution in [3.05, 3.63) is 17.0 Å². The number of hydrogen-bond acceptors (Lipinski definition) is 4. The summed E-state index contributed by atoms with van der Waals surface area (Å²) in [5, 5.41) is 4.43. The van der Waals surface area contributed by atoms with E-state index in [2.05, 4.69) is 5.10 Å². The molecule has 1 atom stereocenters. The number of rotatable bonds is 4. The fraction of sp³-hybridized carbons (Fsp3) is 0.762. The summed E-state index contributed by atoms with van der Waals surface area (Å²) in [6, 6.07) is 0. The average molecular weight is 391 g/mol. The zero-order chi connectivity index (χ0) is 20.1. The Morgan fingerprint density at radius 1 is 1.07 bits per heavy atom. The SMILES string of the molecule is Cc1nn(C)c(C)c1CCC(=O)N1CCOCC(C(=O)N2CCCCCC2)C1. The van der Waals surface area contributed by atoms with Gasteiger partial charge in [0.05, 0.1) is 24.8 Å². The average Bonchev–Trinajstić information content (AvgIpc) is 2.99. The number of hydrogen-bond donors (Lipinski definition) is 0. The van der Waals surface area contributed by atoms with Crippen LogP contribution in [0.5, 0.6) is 0 Å². The zero-order valence-corrected chi connectivity index (χ0v) is 17.6. The molecular formula is C21H34N4O3. The summed E-state index contributed by atoms with van der Waals surface area (Å²) in [7, 11) is 1.93. The predicted octanol–water partition coefficient (Wildman–Crippen LogP) is 1.85. The fourth-order valence-corrected chi connectivity index (χ4v) is 4.30. The molecule has 2 amide bonds. The van der Waals surface area contributed by atoms with Crippen molar-refractivity contribution in [2.75, 3.05) is 39.4 Å². The minimum atomic E-state index is -0.244. The number of likely N-dealkylation sites (tertiary alicyclic amines) is 1. The molecule has 2 aliphatic heterocycles. The van der Waals surface area contributed by atoms with E-state index in [1.165, 1.54) is 12.8 Å². The monoisotopic (exact) mass is 390 g/mol. The summed E-state index contributed by atoms with van der Waals surface area (Å²) < 4.78 is 7.55. The lowest BCUT2D eigenvalue weighted by Crippen LogP contribution is -2.44. The number of ether oxygens (including phenoxy) is 1. The lowest BCUT2D eigenvalue weighted by Gasteiger charge is -2.28. The van der Waals surface area contributed by atoms with Crippen LogP contribution in [0.25, 0.3) is 0 Å². The molecular weight excluding hydrogens is 356 g/mol. The van der Waals surface area contributed by atoms with Crippen molar-refractivity contribution in [2.45, 2.75) is 52.4 Å². The van der Waals surface area contributed by atoms with Crippen molar-refractivity contribution in [2.24, 2.45) is 13.0 Å². The van der Waals surface area contributed by atoms with Gasteiger partial charge in [-0.3, -0.25) is 14.3 Å². The lowest BCUT2D eigenvalue weighted by molar-refractivity contribution is -0.138. The van der Waals surface area contributed by atoms with Gasteiger partial charge < -0.3 is 14.5 Å². The normalized spacial score (nSPS) is 21.3. The Morgan fingerprint density at radius 3 is 2.43 bits per heavy atom. The molecule has 0 aliphatic carbocycles. The Hall–Kier alpha value is -1.89. The van der Waals surface area contributed by atoms with Gasteiger partial charge in [0.2, 0.25) is 11.8 Å². The molecule has 1 aromatic rings. The van der Waals surface area contributed by atoms with Crippen LogP contribution in [0.2, 0.25) is 0 Å². The van der Waals surface area contributed by atoms with E-state index in [0.717, 1.165) is 42.9 Å². The van der Waals surface area contributed by atoms with Crippen molar-refractivity contribution in [1.82, 2.24) is 19.6 Å². The summed E-state index contributed by atoms with van der Waals surface area (Å²) in [6.07, 6.45) is 5.67. The Balaban J connectivity index is 1.59. The van der Waals surface area contributed by atoms with Crippen molar-refractivity contribution in [1.29, 1.82) is 0 Å². The van der Waals surface area contributed by atoms with E-state index < -0.39 is 0 Å². The summed E-state index contributed by atoms with van der Waals surface area (Å²) in [4.78, 5) is 29.7. The first-order chi connectivity index (χ1) is 13.5. The molecule has 2 saturated heterocycles. The molecule has 1 aromatic heterocycles. The molecule has 1 unspecified atom stereocenters. The number of nitrogens with zero attached hydrogens (tertiary/aromatic N) is 4. The zero-order valence-electron chi connectivity index (χ0n) is 17.6. The maximum atomic E-state index is 13.0. The van der Waals surface area contributed by atoms with Gasteiger partial charge in [0.25, 0.3) is 0 Å². The number of carbonyl (C=O) groups is 2. The highest BCUT2D eigenvalue weighted by atomic mass is 16.5. The van der Waals surface area contributed by atoms with Gasteiger partial charge in [-0.15, -0.1) is 0 Å². The molecule has 3 heterocycles. The van der Waals surface area contributed by atoms with E-state index in [0.29, 0.717) is 39.1 Å². The lowest BCUT2D eigenvalue weighted by atomic mass is 10.1. The van der Waals surface area contributed by atoms with Crippen LogP contribution in [0.4, 0.5) is 0 Å². The molecule has 0 bridgehead atoms. The highest BCUT2D eigenvalue weighted by molar-refractivity contribution is 5.81. The van der Waals surface area contributed by atoms with Crippen molar-refractivity contribution in [3.63, 3.8) is 0 Å². The molecule has 0 N–H and O–H groups in total. The second-order valence-corrected chi connectivity index (χ2v) is 8.12. The van der Waals surface area contributed by atoms with Gasteiger partial charge >= 0.3 is 0 Å². The van der Waals surface area contributed by atoms with Crippen molar-refractivity contribution in [3.8, 4) is 0 Å². The molecule has 7 heteroatoms. The minimum Gasteiger partial charge on any atom is -0.379 e. The van der Waals surface area contributed by atoms with Crippen LogP contribution in [0.15, 0.2) is 0 Å². The van der Waals surface area contributed by atoms with Gasteiger partial charge in [-0.25, -0.2) is 0 Å². The van der Waals surface area contributed by atoms with Gasteiger partial charge in [0.15, 0.2) is 0 Å². The Bertz CT molecular complexity index is 692.